The average molecular weight is 354 g/mol. The van der Waals surface area contributed by atoms with Crippen LogP contribution in [0.25, 0.3) is 10.6 Å². The zero-order chi connectivity index (χ0) is 14.5. The summed E-state index contributed by atoms with van der Waals surface area (Å²) in [5, 5.41) is 14.1. The predicted octanol–water partition coefficient (Wildman–Crippen LogP) is 4.21. The quantitative estimate of drug-likeness (QED) is 0.790. The van der Waals surface area contributed by atoms with Gasteiger partial charge in [0.2, 0.25) is 0 Å². The molecule has 2 rings (SSSR count). The fraction of sp³-hybridized carbons (Fsp3) is 0.467. The van der Waals surface area contributed by atoms with Gasteiger partial charge in [-0.25, -0.2) is 0 Å². The number of aryl methyl sites for hydroxylation is 2. The van der Waals surface area contributed by atoms with E-state index in [2.05, 4.69) is 70.4 Å². The highest BCUT2D eigenvalue weighted by molar-refractivity contribution is 9.10. The van der Waals surface area contributed by atoms with Crippen molar-refractivity contribution in [3.05, 3.63) is 33.2 Å². The first-order valence-corrected chi connectivity index (χ1v) is 8.49. The average Bonchev–Trinajstić information content (AvgIpc) is 2.86. The monoisotopic (exact) mass is 353 g/mol. The molecular weight excluding hydrogens is 334 g/mol. The maximum atomic E-state index is 4.32. The summed E-state index contributed by atoms with van der Waals surface area (Å²) < 4.78 is 1.08. The predicted molar refractivity (Wildman–Crippen MR) is 89.2 cm³/mol. The summed E-state index contributed by atoms with van der Waals surface area (Å²) in [6.07, 6.45) is 2.09. The molecule has 0 aliphatic carbocycles. The molecular formula is C15H20BrN3S. The van der Waals surface area contributed by atoms with Gasteiger partial charge >= 0.3 is 0 Å². The first kappa shape index (κ1) is 15.6. The first-order valence-electron chi connectivity index (χ1n) is 6.88. The second kappa shape index (κ2) is 7.29. The largest absolute Gasteiger partial charge is 0.315 e. The van der Waals surface area contributed by atoms with Crippen LogP contribution in [0.4, 0.5) is 0 Å². The van der Waals surface area contributed by atoms with E-state index in [1.807, 2.05) is 0 Å². The van der Waals surface area contributed by atoms with Gasteiger partial charge in [-0.2, -0.15) is 0 Å². The molecule has 0 unspecified atom stereocenters. The minimum absolute atomic E-state index is 0.545. The Balaban J connectivity index is 2.00. The molecule has 0 aliphatic rings. The Hall–Kier alpha value is -0.780. The molecule has 0 spiro atoms. The van der Waals surface area contributed by atoms with Crippen molar-refractivity contribution in [2.24, 2.45) is 0 Å². The molecule has 1 N–H and O–H groups in total. The fourth-order valence-corrected chi connectivity index (χ4v) is 3.37. The van der Waals surface area contributed by atoms with E-state index >= 15 is 0 Å². The van der Waals surface area contributed by atoms with Crippen LogP contribution >= 0.6 is 27.3 Å². The van der Waals surface area contributed by atoms with E-state index in [1.165, 1.54) is 5.56 Å². The Bertz CT molecular complexity index is 566. The third kappa shape index (κ3) is 4.36. The van der Waals surface area contributed by atoms with E-state index in [-0.39, 0.29) is 0 Å². The van der Waals surface area contributed by atoms with Gasteiger partial charge in [-0.15, -0.1) is 10.2 Å². The molecule has 2 aromatic rings. The van der Waals surface area contributed by atoms with E-state index in [4.69, 9.17) is 0 Å². The standard InChI is InChI=1S/C15H20BrN3S/c1-10(2)17-8-4-5-14-18-19-15(20-14)12-9-11(3)6-7-13(12)16/h6-7,9-10,17H,4-5,8H2,1-3H3. The fourth-order valence-electron chi connectivity index (χ4n) is 1.90. The number of benzene rings is 1. The van der Waals surface area contributed by atoms with E-state index in [9.17, 15) is 0 Å². The molecule has 3 nitrogen and oxygen atoms in total. The third-order valence-electron chi connectivity index (χ3n) is 2.94. The summed E-state index contributed by atoms with van der Waals surface area (Å²) in [7, 11) is 0. The molecule has 5 heteroatoms. The number of hydrogen-bond acceptors (Lipinski definition) is 4. The number of aromatic nitrogens is 2. The second-order valence-electron chi connectivity index (χ2n) is 5.20. The summed E-state index contributed by atoms with van der Waals surface area (Å²) in [5.41, 5.74) is 2.37. The van der Waals surface area contributed by atoms with Gasteiger partial charge in [0.15, 0.2) is 0 Å². The lowest BCUT2D eigenvalue weighted by Gasteiger charge is -2.05. The van der Waals surface area contributed by atoms with Crippen LogP contribution in [0.3, 0.4) is 0 Å². The minimum Gasteiger partial charge on any atom is -0.315 e. The molecule has 0 radical (unpaired) electrons. The highest BCUT2D eigenvalue weighted by Gasteiger charge is 2.10. The highest BCUT2D eigenvalue weighted by atomic mass is 79.9. The van der Waals surface area contributed by atoms with E-state index in [1.54, 1.807) is 11.3 Å². The number of rotatable bonds is 6. The normalized spacial score (nSPS) is 11.2. The Morgan fingerprint density at radius 1 is 1.30 bits per heavy atom. The van der Waals surface area contributed by atoms with Gasteiger partial charge in [0.05, 0.1) is 0 Å². The van der Waals surface area contributed by atoms with Gasteiger partial charge < -0.3 is 5.32 Å². The Morgan fingerprint density at radius 2 is 2.10 bits per heavy atom. The summed E-state index contributed by atoms with van der Waals surface area (Å²) in [6, 6.07) is 6.85. The molecule has 108 valence electrons. The smallest absolute Gasteiger partial charge is 0.148 e. The van der Waals surface area contributed by atoms with Crippen LogP contribution in [0.1, 0.15) is 30.8 Å². The molecule has 1 aromatic carbocycles. The Kier molecular flexibility index (Phi) is 5.69. The molecule has 0 saturated carbocycles. The molecule has 0 bridgehead atoms. The number of nitrogens with one attached hydrogen (secondary N) is 1. The van der Waals surface area contributed by atoms with Crippen LogP contribution in [-0.4, -0.2) is 22.8 Å². The lowest BCUT2D eigenvalue weighted by molar-refractivity contribution is 0.569. The number of halogens is 1. The van der Waals surface area contributed by atoms with E-state index in [0.717, 1.165) is 39.4 Å². The molecule has 1 aromatic heterocycles. The summed E-state index contributed by atoms with van der Waals surface area (Å²) in [5.74, 6) is 0. The molecule has 0 atom stereocenters. The lowest BCUT2D eigenvalue weighted by Crippen LogP contribution is -2.23. The van der Waals surface area contributed by atoms with Crippen molar-refractivity contribution in [3.63, 3.8) is 0 Å². The lowest BCUT2D eigenvalue weighted by atomic mass is 10.1. The maximum absolute atomic E-state index is 4.32. The zero-order valence-electron chi connectivity index (χ0n) is 12.1. The Morgan fingerprint density at radius 3 is 2.85 bits per heavy atom. The third-order valence-corrected chi connectivity index (χ3v) is 4.65. The molecule has 1 heterocycles. The van der Waals surface area contributed by atoms with Crippen molar-refractivity contribution < 1.29 is 0 Å². The van der Waals surface area contributed by atoms with Crippen LogP contribution in [0.5, 0.6) is 0 Å². The summed E-state index contributed by atoms with van der Waals surface area (Å²) >= 11 is 5.27. The molecule has 0 amide bonds. The van der Waals surface area contributed by atoms with Crippen molar-refractivity contribution >= 4 is 27.3 Å². The van der Waals surface area contributed by atoms with Crippen molar-refractivity contribution in [2.45, 2.75) is 39.7 Å². The minimum atomic E-state index is 0.545. The molecule has 0 fully saturated rings. The maximum Gasteiger partial charge on any atom is 0.148 e. The van der Waals surface area contributed by atoms with Crippen LogP contribution in [0, 0.1) is 6.92 Å². The Labute approximate surface area is 133 Å². The second-order valence-corrected chi connectivity index (χ2v) is 7.11. The van der Waals surface area contributed by atoms with Crippen molar-refractivity contribution in [1.82, 2.24) is 15.5 Å². The van der Waals surface area contributed by atoms with Gasteiger partial charge in [0.25, 0.3) is 0 Å². The van der Waals surface area contributed by atoms with Crippen molar-refractivity contribution in [2.75, 3.05) is 6.54 Å². The van der Waals surface area contributed by atoms with Crippen molar-refractivity contribution in [1.29, 1.82) is 0 Å². The van der Waals surface area contributed by atoms with Crippen LogP contribution in [-0.2, 0) is 6.42 Å². The number of hydrogen-bond donors (Lipinski definition) is 1. The highest BCUT2D eigenvalue weighted by Crippen LogP contribution is 2.31. The zero-order valence-corrected chi connectivity index (χ0v) is 14.5. The number of nitrogens with zero attached hydrogens (tertiary/aromatic N) is 2. The summed E-state index contributed by atoms with van der Waals surface area (Å²) in [6.45, 7) is 7.45. The van der Waals surface area contributed by atoms with Crippen LogP contribution in [0.15, 0.2) is 22.7 Å². The van der Waals surface area contributed by atoms with Gasteiger partial charge in [0, 0.05) is 22.5 Å². The van der Waals surface area contributed by atoms with E-state index in [0.29, 0.717) is 6.04 Å². The van der Waals surface area contributed by atoms with Gasteiger partial charge in [-0.05, 0) is 32.0 Å². The topological polar surface area (TPSA) is 37.8 Å². The van der Waals surface area contributed by atoms with E-state index < -0.39 is 0 Å². The van der Waals surface area contributed by atoms with Gasteiger partial charge in [-0.1, -0.05) is 52.7 Å². The van der Waals surface area contributed by atoms with Gasteiger partial charge in [-0.3, -0.25) is 0 Å². The van der Waals surface area contributed by atoms with Crippen LogP contribution in [0.2, 0.25) is 0 Å². The van der Waals surface area contributed by atoms with Gasteiger partial charge in [0.1, 0.15) is 10.0 Å². The van der Waals surface area contributed by atoms with Crippen molar-refractivity contribution in [3.8, 4) is 10.6 Å². The SMILES string of the molecule is Cc1ccc(Br)c(-c2nnc(CCCNC(C)C)s2)c1. The molecule has 0 saturated heterocycles. The summed E-state index contributed by atoms with van der Waals surface area (Å²) in [4.78, 5) is 0. The van der Waals surface area contributed by atoms with Crippen LogP contribution < -0.4 is 5.32 Å². The molecule has 0 aliphatic heterocycles. The molecule has 20 heavy (non-hydrogen) atoms. The first-order chi connectivity index (χ1) is 9.56.